The number of amides is 1. The van der Waals surface area contributed by atoms with E-state index < -0.39 is 22.5 Å². The Hall–Kier alpha value is -2.54. The molecule has 2 N–H and O–H groups in total. The van der Waals surface area contributed by atoms with Crippen LogP contribution in [0.5, 0.6) is 5.75 Å². The third-order valence-electron chi connectivity index (χ3n) is 3.34. The number of para-hydroxylation sites is 2. The molecule has 2 aromatic rings. The predicted molar refractivity (Wildman–Crippen MR) is 92.5 cm³/mol. The Morgan fingerprint density at radius 2 is 1.75 bits per heavy atom. The van der Waals surface area contributed by atoms with Crippen molar-refractivity contribution < 1.29 is 17.9 Å². The minimum atomic E-state index is -3.95. The molecule has 0 atom stereocenters. The first-order valence-electron chi connectivity index (χ1n) is 7.45. The Labute approximate surface area is 141 Å². The third kappa shape index (κ3) is 3.86. The van der Waals surface area contributed by atoms with Gasteiger partial charge in [-0.3, -0.25) is 9.10 Å². The number of hydrogen-bond acceptors (Lipinski definition) is 4. The Balaban J connectivity index is 2.57. The maximum Gasteiger partial charge on any atom is 0.264 e. The van der Waals surface area contributed by atoms with Crippen LogP contribution in [0.15, 0.2) is 53.4 Å². The monoisotopic (exact) mass is 348 g/mol. The highest BCUT2D eigenvalue weighted by atomic mass is 32.2. The first-order chi connectivity index (χ1) is 11.4. The van der Waals surface area contributed by atoms with Crippen LogP contribution in [0.3, 0.4) is 0 Å². The van der Waals surface area contributed by atoms with Crippen LogP contribution < -0.4 is 14.8 Å². The highest BCUT2D eigenvalue weighted by molar-refractivity contribution is 7.92. The number of nitrogens with two attached hydrogens (primary N) is 1. The van der Waals surface area contributed by atoms with Crippen molar-refractivity contribution in [3.63, 3.8) is 0 Å². The number of rotatable bonds is 7. The summed E-state index contributed by atoms with van der Waals surface area (Å²) < 4.78 is 32.5. The molecule has 0 aliphatic carbocycles. The van der Waals surface area contributed by atoms with E-state index in [0.29, 0.717) is 12.4 Å². The smallest absolute Gasteiger partial charge is 0.264 e. The number of anilines is 1. The molecule has 6 nitrogen and oxygen atoms in total. The Kier molecular flexibility index (Phi) is 5.46. The van der Waals surface area contributed by atoms with Crippen molar-refractivity contribution in [2.75, 3.05) is 17.5 Å². The highest BCUT2D eigenvalue weighted by Gasteiger charge is 2.28. The SMILES string of the molecule is CCOc1ccccc1N(CC(N)=O)S(=O)(=O)c1ccc(C)cc1. The van der Waals surface area contributed by atoms with E-state index in [1.165, 1.54) is 12.1 Å². The molecule has 128 valence electrons. The molecule has 0 aliphatic heterocycles. The van der Waals surface area contributed by atoms with Gasteiger partial charge in [-0.15, -0.1) is 0 Å². The fourth-order valence-corrected chi connectivity index (χ4v) is 3.66. The number of carbonyl (C=O) groups excluding carboxylic acids is 1. The number of sulfonamides is 1. The number of nitrogens with zero attached hydrogens (tertiary/aromatic N) is 1. The molecule has 0 radical (unpaired) electrons. The lowest BCUT2D eigenvalue weighted by atomic mass is 10.2. The van der Waals surface area contributed by atoms with Crippen molar-refractivity contribution in [1.29, 1.82) is 0 Å². The Bertz CT molecular complexity index is 817. The van der Waals surface area contributed by atoms with Crippen LogP contribution in [0.2, 0.25) is 0 Å². The minimum absolute atomic E-state index is 0.0839. The van der Waals surface area contributed by atoms with E-state index >= 15 is 0 Å². The molecule has 24 heavy (non-hydrogen) atoms. The van der Waals surface area contributed by atoms with Crippen molar-refractivity contribution in [2.45, 2.75) is 18.7 Å². The van der Waals surface area contributed by atoms with Crippen LogP contribution in [-0.2, 0) is 14.8 Å². The van der Waals surface area contributed by atoms with E-state index in [1.807, 2.05) is 6.92 Å². The lowest BCUT2D eigenvalue weighted by Gasteiger charge is -2.25. The van der Waals surface area contributed by atoms with E-state index in [-0.39, 0.29) is 10.6 Å². The molecular weight excluding hydrogens is 328 g/mol. The number of hydrogen-bond donors (Lipinski definition) is 1. The van der Waals surface area contributed by atoms with Gasteiger partial charge in [0.1, 0.15) is 12.3 Å². The Morgan fingerprint density at radius 1 is 1.12 bits per heavy atom. The Morgan fingerprint density at radius 3 is 2.33 bits per heavy atom. The lowest BCUT2D eigenvalue weighted by Crippen LogP contribution is -2.38. The van der Waals surface area contributed by atoms with Crippen LogP contribution in [0.25, 0.3) is 0 Å². The molecule has 0 saturated heterocycles. The van der Waals surface area contributed by atoms with Gasteiger partial charge in [-0.05, 0) is 38.1 Å². The molecule has 0 saturated carbocycles. The summed E-state index contributed by atoms with van der Waals surface area (Å²) in [6.45, 7) is 3.55. The molecule has 0 fully saturated rings. The summed E-state index contributed by atoms with van der Waals surface area (Å²) in [5.74, 6) is -0.381. The average molecular weight is 348 g/mol. The van der Waals surface area contributed by atoms with Gasteiger partial charge in [0.15, 0.2) is 0 Å². The molecule has 0 aromatic heterocycles. The summed E-state index contributed by atoms with van der Waals surface area (Å²) in [6.07, 6.45) is 0. The molecule has 0 aliphatic rings. The number of ether oxygens (including phenoxy) is 1. The second-order valence-corrected chi connectivity index (χ2v) is 7.05. The minimum Gasteiger partial charge on any atom is -0.492 e. The van der Waals surface area contributed by atoms with Crippen molar-refractivity contribution in [3.8, 4) is 5.75 Å². The zero-order valence-electron chi connectivity index (χ0n) is 13.6. The second kappa shape index (κ2) is 7.35. The fourth-order valence-electron chi connectivity index (χ4n) is 2.22. The third-order valence-corrected chi connectivity index (χ3v) is 5.12. The predicted octanol–water partition coefficient (Wildman–Crippen LogP) is 2.07. The standard InChI is InChI=1S/C17H20N2O4S/c1-3-23-16-7-5-4-6-15(16)19(12-17(18)20)24(21,22)14-10-8-13(2)9-11-14/h4-11H,3,12H2,1-2H3,(H2,18,20). The molecule has 0 unspecified atom stereocenters. The summed E-state index contributed by atoms with van der Waals surface area (Å²) in [4.78, 5) is 11.5. The zero-order chi connectivity index (χ0) is 17.7. The van der Waals surface area contributed by atoms with Crippen molar-refractivity contribution in [2.24, 2.45) is 5.73 Å². The van der Waals surface area contributed by atoms with Crippen LogP contribution in [0, 0.1) is 6.92 Å². The first kappa shape index (κ1) is 17.8. The van der Waals surface area contributed by atoms with Crippen LogP contribution >= 0.6 is 0 Å². The van der Waals surface area contributed by atoms with Gasteiger partial charge in [-0.1, -0.05) is 29.8 Å². The summed E-state index contributed by atoms with van der Waals surface area (Å²) in [5.41, 5.74) is 6.48. The van der Waals surface area contributed by atoms with E-state index in [2.05, 4.69) is 0 Å². The molecule has 2 rings (SSSR count). The maximum atomic E-state index is 13.0. The maximum absolute atomic E-state index is 13.0. The quantitative estimate of drug-likeness (QED) is 0.829. The van der Waals surface area contributed by atoms with Gasteiger partial charge >= 0.3 is 0 Å². The largest absolute Gasteiger partial charge is 0.492 e. The van der Waals surface area contributed by atoms with E-state index in [1.54, 1.807) is 43.3 Å². The van der Waals surface area contributed by atoms with E-state index in [9.17, 15) is 13.2 Å². The number of aryl methyl sites for hydroxylation is 1. The van der Waals surface area contributed by atoms with E-state index in [4.69, 9.17) is 10.5 Å². The van der Waals surface area contributed by atoms with Crippen LogP contribution in [0.4, 0.5) is 5.69 Å². The number of benzene rings is 2. The fraction of sp³-hybridized carbons (Fsp3) is 0.235. The second-order valence-electron chi connectivity index (χ2n) is 5.19. The van der Waals surface area contributed by atoms with Gasteiger partial charge in [-0.25, -0.2) is 8.42 Å². The van der Waals surface area contributed by atoms with Gasteiger partial charge < -0.3 is 10.5 Å². The van der Waals surface area contributed by atoms with Crippen molar-refractivity contribution >= 4 is 21.6 Å². The highest BCUT2D eigenvalue weighted by Crippen LogP contribution is 2.32. The molecule has 0 spiro atoms. The van der Waals surface area contributed by atoms with Gasteiger partial charge in [0.2, 0.25) is 5.91 Å². The molecular formula is C17H20N2O4S. The average Bonchev–Trinajstić information content (AvgIpc) is 2.54. The van der Waals surface area contributed by atoms with Crippen LogP contribution in [-0.4, -0.2) is 27.5 Å². The molecule has 7 heteroatoms. The van der Waals surface area contributed by atoms with Gasteiger partial charge in [-0.2, -0.15) is 0 Å². The molecule has 0 bridgehead atoms. The van der Waals surface area contributed by atoms with Gasteiger partial charge in [0.25, 0.3) is 10.0 Å². The van der Waals surface area contributed by atoms with Crippen molar-refractivity contribution in [3.05, 3.63) is 54.1 Å². The number of carbonyl (C=O) groups is 1. The normalized spacial score (nSPS) is 11.1. The zero-order valence-corrected chi connectivity index (χ0v) is 14.4. The lowest BCUT2D eigenvalue weighted by molar-refractivity contribution is -0.116. The first-order valence-corrected chi connectivity index (χ1v) is 8.89. The molecule has 1 amide bonds. The summed E-state index contributed by atoms with van der Waals surface area (Å²) in [6, 6.07) is 13.0. The summed E-state index contributed by atoms with van der Waals surface area (Å²) in [5, 5.41) is 0. The molecule has 0 heterocycles. The summed E-state index contributed by atoms with van der Waals surface area (Å²) in [7, 11) is -3.95. The van der Waals surface area contributed by atoms with Gasteiger partial charge in [0, 0.05) is 0 Å². The number of primary amides is 1. The van der Waals surface area contributed by atoms with Crippen LogP contribution in [0.1, 0.15) is 12.5 Å². The van der Waals surface area contributed by atoms with Gasteiger partial charge in [0.05, 0.1) is 17.2 Å². The molecule has 2 aromatic carbocycles. The summed E-state index contributed by atoms with van der Waals surface area (Å²) >= 11 is 0. The van der Waals surface area contributed by atoms with Crippen molar-refractivity contribution in [1.82, 2.24) is 0 Å². The van der Waals surface area contributed by atoms with E-state index in [0.717, 1.165) is 9.87 Å². The topological polar surface area (TPSA) is 89.7 Å².